The number of rotatable bonds is 2. The maximum atomic E-state index is 6.32. The van der Waals surface area contributed by atoms with E-state index in [9.17, 15) is 0 Å². The van der Waals surface area contributed by atoms with Crippen molar-refractivity contribution in [2.24, 2.45) is 0 Å². The van der Waals surface area contributed by atoms with Crippen molar-refractivity contribution < 1.29 is 4.74 Å². The van der Waals surface area contributed by atoms with E-state index in [0.717, 1.165) is 29.9 Å². The van der Waals surface area contributed by atoms with E-state index < -0.39 is 0 Å². The van der Waals surface area contributed by atoms with Crippen LogP contribution in [0.25, 0.3) is 11.0 Å². The first-order valence-corrected chi connectivity index (χ1v) is 7.06. The number of hydrogen-bond acceptors (Lipinski definition) is 3. The highest BCUT2D eigenvalue weighted by Gasteiger charge is 2.41. The fourth-order valence-electron chi connectivity index (χ4n) is 2.87. The molecule has 0 amide bonds. The summed E-state index contributed by atoms with van der Waals surface area (Å²) in [6.07, 6.45) is 4.71. The van der Waals surface area contributed by atoms with Crippen molar-refractivity contribution in [1.82, 2.24) is 14.5 Å². The van der Waals surface area contributed by atoms with E-state index in [1.165, 1.54) is 0 Å². The van der Waals surface area contributed by atoms with Crippen LogP contribution in [0.15, 0.2) is 18.5 Å². The quantitative estimate of drug-likeness (QED) is 0.792. The second-order valence-corrected chi connectivity index (χ2v) is 6.06. The Bertz CT molecular complexity index is 610. The van der Waals surface area contributed by atoms with Crippen LogP contribution in [0.3, 0.4) is 0 Å². The lowest BCUT2D eigenvalue weighted by Crippen LogP contribution is -2.38. The molecule has 0 aromatic carbocycles. The largest absolute Gasteiger partial charge is 0.376 e. The van der Waals surface area contributed by atoms with Gasteiger partial charge in [-0.1, -0.05) is 0 Å². The minimum atomic E-state index is -0.142. The number of aromatic nitrogens is 3. The van der Waals surface area contributed by atoms with Crippen molar-refractivity contribution in [2.75, 3.05) is 6.61 Å². The molecule has 0 spiro atoms. The fourth-order valence-corrected chi connectivity index (χ4v) is 3.02. The highest BCUT2D eigenvalue weighted by molar-refractivity contribution is 6.20. The fraction of sp³-hybridized carbons (Fsp3) is 0.571. The summed E-state index contributed by atoms with van der Waals surface area (Å²) in [6, 6.07) is 2.00. The first-order valence-electron chi connectivity index (χ1n) is 6.62. The van der Waals surface area contributed by atoms with Crippen LogP contribution in [0.1, 0.15) is 38.4 Å². The Kier molecular flexibility index (Phi) is 3.02. The lowest BCUT2D eigenvalue weighted by molar-refractivity contribution is 0.0763. The smallest absolute Gasteiger partial charge is 0.128 e. The molecule has 1 aliphatic heterocycles. The molecular formula is C14H18ClN3O. The van der Waals surface area contributed by atoms with Gasteiger partial charge < -0.3 is 9.30 Å². The van der Waals surface area contributed by atoms with Gasteiger partial charge in [-0.2, -0.15) is 0 Å². The number of halogens is 1. The van der Waals surface area contributed by atoms with Gasteiger partial charge in [-0.25, -0.2) is 4.98 Å². The third kappa shape index (κ3) is 1.85. The Morgan fingerprint density at radius 1 is 1.58 bits per heavy atom. The summed E-state index contributed by atoms with van der Waals surface area (Å²) < 4.78 is 8.02. The highest BCUT2D eigenvalue weighted by Crippen LogP contribution is 2.39. The Labute approximate surface area is 117 Å². The van der Waals surface area contributed by atoms with Crippen LogP contribution in [0.2, 0.25) is 0 Å². The highest BCUT2D eigenvalue weighted by atomic mass is 35.5. The van der Waals surface area contributed by atoms with Gasteiger partial charge in [0.1, 0.15) is 11.3 Å². The lowest BCUT2D eigenvalue weighted by Gasteiger charge is -2.32. The molecule has 3 rings (SSSR count). The van der Waals surface area contributed by atoms with Crippen molar-refractivity contribution in [3.05, 3.63) is 24.3 Å². The summed E-state index contributed by atoms with van der Waals surface area (Å²) in [5, 5.41) is -0.142. The standard InChI is InChI=1S/C14H18ClN3O/c1-9(15)13-17-11-8-16-6-4-12(11)18(13)14(3)5-7-19-10(14)2/h4,6,8-10H,5,7H2,1-3H3. The molecule has 2 aromatic heterocycles. The molecule has 2 aromatic rings. The predicted molar refractivity (Wildman–Crippen MR) is 75.5 cm³/mol. The van der Waals surface area contributed by atoms with Gasteiger partial charge in [0, 0.05) is 12.8 Å². The topological polar surface area (TPSA) is 39.9 Å². The normalized spacial score (nSPS) is 28.9. The average molecular weight is 280 g/mol. The summed E-state index contributed by atoms with van der Waals surface area (Å²) in [7, 11) is 0. The Morgan fingerprint density at radius 2 is 2.37 bits per heavy atom. The molecule has 1 fully saturated rings. The van der Waals surface area contributed by atoms with Crippen molar-refractivity contribution in [2.45, 2.75) is 44.2 Å². The molecule has 3 heterocycles. The summed E-state index contributed by atoms with van der Waals surface area (Å²) in [4.78, 5) is 8.79. The monoisotopic (exact) mass is 279 g/mol. The van der Waals surface area contributed by atoms with E-state index in [4.69, 9.17) is 16.3 Å². The molecule has 3 unspecified atom stereocenters. The summed E-state index contributed by atoms with van der Waals surface area (Å²) in [5.41, 5.74) is 1.87. The summed E-state index contributed by atoms with van der Waals surface area (Å²) in [6.45, 7) is 7.06. The number of hydrogen-bond donors (Lipinski definition) is 0. The van der Waals surface area contributed by atoms with E-state index in [1.807, 2.05) is 13.0 Å². The molecule has 0 N–H and O–H groups in total. The van der Waals surface area contributed by atoms with Gasteiger partial charge in [0.05, 0.1) is 28.7 Å². The number of imidazole rings is 1. The van der Waals surface area contributed by atoms with Crippen molar-refractivity contribution >= 4 is 22.6 Å². The van der Waals surface area contributed by atoms with Crippen LogP contribution in [0, 0.1) is 0 Å². The number of pyridine rings is 1. The molecule has 4 nitrogen and oxygen atoms in total. The van der Waals surface area contributed by atoms with E-state index in [-0.39, 0.29) is 17.0 Å². The third-order valence-electron chi connectivity index (χ3n) is 4.20. The van der Waals surface area contributed by atoms with Gasteiger partial charge in [0.25, 0.3) is 0 Å². The van der Waals surface area contributed by atoms with E-state index in [0.29, 0.717) is 0 Å². The second kappa shape index (κ2) is 4.46. The number of alkyl halides is 1. The van der Waals surface area contributed by atoms with Crippen molar-refractivity contribution in [3.63, 3.8) is 0 Å². The molecule has 102 valence electrons. The number of nitrogens with zero attached hydrogens (tertiary/aromatic N) is 3. The van der Waals surface area contributed by atoms with Crippen LogP contribution in [0.4, 0.5) is 0 Å². The molecular weight excluding hydrogens is 262 g/mol. The predicted octanol–water partition coefficient (Wildman–Crippen LogP) is 3.26. The van der Waals surface area contributed by atoms with Gasteiger partial charge in [-0.3, -0.25) is 4.98 Å². The second-order valence-electron chi connectivity index (χ2n) is 5.41. The average Bonchev–Trinajstić information content (AvgIpc) is 2.92. The minimum absolute atomic E-state index is 0.103. The van der Waals surface area contributed by atoms with Gasteiger partial charge in [0.2, 0.25) is 0 Å². The molecule has 19 heavy (non-hydrogen) atoms. The van der Waals surface area contributed by atoms with Gasteiger partial charge >= 0.3 is 0 Å². The molecule has 5 heteroatoms. The molecule has 0 aliphatic carbocycles. The van der Waals surface area contributed by atoms with Gasteiger partial charge in [-0.05, 0) is 33.3 Å². The van der Waals surface area contributed by atoms with Crippen molar-refractivity contribution in [1.29, 1.82) is 0 Å². The van der Waals surface area contributed by atoms with Crippen LogP contribution in [0.5, 0.6) is 0 Å². The van der Waals surface area contributed by atoms with Gasteiger partial charge in [-0.15, -0.1) is 11.6 Å². The Morgan fingerprint density at radius 3 is 3.00 bits per heavy atom. The van der Waals surface area contributed by atoms with Crippen LogP contribution >= 0.6 is 11.6 Å². The zero-order valence-corrected chi connectivity index (χ0v) is 12.2. The molecule has 0 bridgehead atoms. The van der Waals surface area contributed by atoms with Crippen molar-refractivity contribution in [3.8, 4) is 0 Å². The number of fused-ring (bicyclic) bond motifs is 1. The van der Waals surface area contributed by atoms with E-state index in [1.54, 1.807) is 12.4 Å². The molecule has 0 saturated carbocycles. The summed E-state index contributed by atoms with van der Waals surface area (Å²) >= 11 is 6.32. The molecule has 3 atom stereocenters. The van der Waals surface area contributed by atoms with Crippen LogP contribution < -0.4 is 0 Å². The third-order valence-corrected chi connectivity index (χ3v) is 4.40. The van der Waals surface area contributed by atoms with Gasteiger partial charge in [0.15, 0.2) is 0 Å². The lowest BCUT2D eigenvalue weighted by atomic mass is 9.93. The molecule has 0 radical (unpaired) electrons. The number of ether oxygens (including phenoxy) is 1. The maximum Gasteiger partial charge on any atom is 0.128 e. The summed E-state index contributed by atoms with van der Waals surface area (Å²) in [5.74, 6) is 0.893. The SMILES string of the molecule is CC(Cl)c1nc2cnccc2n1C1(C)CCOC1C. The van der Waals surface area contributed by atoms with E-state index in [2.05, 4.69) is 28.4 Å². The van der Waals surface area contributed by atoms with Crippen LogP contribution in [-0.2, 0) is 10.3 Å². The Balaban J connectivity index is 2.29. The minimum Gasteiger partial charge on any atom is -0.376 e. The zero-order valence-electron chi connectivity index (χ0n) is 11.4. The van der Waals surface area contributed by atoms with Crippen LogP contribution in [-0.4, -0.2) is 27.2 Å². The Hall–Kier alpha value is -1.13. The molecule has 1 saturated heterocycles. The van der Waals surface area contributed by atoms with E-state index >= 15 is 0 Å². The molecule has 1 aliphatic rings. The first kappa shape index (κ1) is 12.9. The maximum absolute atomic E-state index is 6.32. The zero-order chi connectivity index (χ0) is 13.6. The first-order chi connectivity index (χ1) is 9.04.